The summed E-state index contributed by atoms with van der Waals surface area (Å²) >= 11 is 0. The van der Waals surface area contributed by atoms with Gasteiger partial charge in [-0.15, -0.1) is 0 Å². The van der Waals surface area contributed by atoms with Crippen molar-refractivity contribution in [2.45, 2.75) is 104 Å². The van der Waals surface area contributed by atoms with Gasteiger partial charge >= 0.3 is 5.97 Å². The minimum Gasteiger partial charge on any atom is -0.463 e. The highest BCUT2D eigenvalue weighted by atomic mass is 16.6. The zero-order valence-electron chi connectivity index (χ0n) is 24.9. The molecule has 0 unspecified atom stereocenters. The Morgan fingerprint density at radius 3 is 1.08 bits per heavy atom. The number of rotatable bonds is 33. The monoisotopic (exact) mass is 548 g/mol. The Hall–Kier alpha value is -0.770. The Balaban J connectivity index is 3.13. The Morgan fingerprint density at radius 1 is 0.395 bits per heavy atom. The lowest BCUT2D eigenvalue weighted by Crippen LogP contribution is -2.15. The van der Waals surface area contributed by atoms with Gasteiger partial charge in [-0.2, -0.15) is 0 Å². The number of carbonyl (C=O) groups is 1. The predicted molar refractivity (Wildman–Crippen MR) is 152 cm³/mol. The van der Waals surface area contributed by atoms with Crippen LogP contribution in [0.2, 0.25) is 0 Å². The molecule has 0 radical (unpaired) electrons. The molecule has 0 bridgehead atoms. The lowest BCUT2D eigenvalue weighted by Gasteiger charge is -2.08. The van der Waals surface area contributed by atoms with Gasteiger partial charge in [0.15, 0.2) is 0 Å². The van der Waals surface area contributed by atoms with Crippen molar-refractivity contribution in [2.24, 2.45) is 0 Å². The Bertz CT molecular complexity index is 450. The van der Waals surface area contributed by atoms with Crippen LogP contribution in [0.4, 0.5) is 0 Å². The van der Waals surface area contributed by atoms with E-state index in [1.807, 2.05) is 6.92 Å². The van der Waals surface area contributed by atoms with Gasteiger partial charge in [-0.3, -0.25) is 4.79 Å². The van der Waals surface area contributed by atoms with Crippen molar-refractivity contribution >= 4 is 5.97 Å². The molecule has 0 saturated carbocycles. The Morgan fingerprint density at radius 2 is 0.711 bits per heavy atom. The first-order valence-electron chi connectivity index (χ1n) is 15.4. The average molecular weight is 549 g/mol. The Kier molecular flexibility index (Phi) is 33.6. The molecule has 8 nitrogen and oxygen atoms in total. The molecule has 0 fully saturated rings. The van der Waals surface area contributed by atoms with Crippen molar-refractivity contribution in [3.05, 3.63) is 0 Å². The molecule has 0 N–H and O–H groups in total. The van der Waals surface area contributed by atoms with Gasteiger partial charge in [-0.1, -0.05) is 84.0 Å². The number of esters is 1. The largest absolute Gasteiger partial charge is 0.463 e. The van der Waals surface area contributed by atoms with E-state index in [4.69, 9.17) is 33.2 Å². The van der Waals surface area contributed by atoms with Gasteiger partial charge in [-0.25, -0.2) is 0 Å². The van der Waals surface area contributed by atoms with Gasteiger partial charge in [-0.05, 0) is 13.3 Å². The van der Waals surface area contributed by atoms with Gasteiger partial charge in [0.2, 0.25) is 0 Å². The van der Waals surface area contributed by atoms with Crippen molar-refractivity contribution in [3.63, 3.8) is 0 Å². The molecule has 38 heavy (non-hydrogen) atoms. The summed E-state index contributed by atoms with van der Waals surface area (Å²) in [5.41, 5.74) is 0. The first-order chi connectivity index (χ1) is 18.8. The molecule has 8 heteroatoms. The second-order valence-electron chi connectivity index (χ2n) is 9.47. The fourth-order valence-corrected chi connectivity index (χ4v) is 3.82. The van der Waals surface area contributed by atoms with Gasteiger partial charge in [0.25, 0.3) is 0 Å². The summed E-state index contributed by atoms with van der Waals surface area (Å²) in [6.07, 6.45) is 17.4. The highest BCUT2D eigenvalue weighted by Gasteiger charge is 2.03. The smallest absolute Gasteiger partial charge is 0.305 e. The van der Waals surface area contributed by atoms with Gasteiger partial charge < -0.3 is 33.2 Å². The average Bonchev–Trinajstić information content (AvgIpc) is 2.92. The van der Waals surface area contributed by atoms with Crippen LogP contribution >= 0.6 is 0 Å². The SMILES string of the molecule is CCCCCCCCCCCCCCCC(=O)OCCOCCOCCOCCOCCOCCOCC. The van der Waals surface area contributed by atoms with Gasteiger partial charge in [0.1, 0.15) is 6.61 Å². The molecule has 0 aliphatic carbocycles. The van der Waals surface area contributed by atoms with Crippen LogP contribution in [0.1, 0.15) is 104 Å². The summed E-state index contributed by atoms with van der Waals surface area (Å²) in [6.45, 7) is 11.0. The summed E-state index contributed by atoms with van der Waals surface area (Å²) in [5, 5.41) is 0. The summed E-state index contributed by atoms with van der Waals surface area (Å²) < 4.78 is 37.5. The standard InChI is InChI=1S/C30H60O8/c1-3-5-6-7-8-9-10-11-12-13-14-15-16-17-30(31)38-29-28-37-27-26-36-25-24-35-23-22-34-21-20-33-19-18-32-4-2/h3-29H2,1-2H3. The molecule has 0 aliphatic rings. The molecule has 0 aromatic rings. The summed E-state index contributed by atoms with van der Waals surface area (Å²) in [4.78, 5) is 11.8. The third-order valence-electron chi connectivity index (χ3n) is 6.04. The molecule has 0 spiro atoms. The van der Waals surface area contributed by atoms with Crippen LogP contribution in [0.3, 0.4) is 0 Å². The van der Waals surface area contributed by atoms with E-state index in [-0.39, 0.29) is 5.97 Å². The minimum atomic E-state index is -0.122. The van der Waals surface area contributed by atoms with E-state index >= 15 is 0 Å². The van der Waals surface area contributed by atoms with Crippen molar-refractivity contribution in [1.29, 1.82) is 0 Å². The maximum atomic E-state index is 11.8. The van der Waals surface area contributed by atoms with Crippen LogP contribution in [0, 0.1) is 0 Å². The molecule has 0 amide bonds. The zero-order chi connectivity index (χ0) is 27.6. The van der Waals surface area contributed by atoms with Crippen LogP contribution in [-0.4, -0.2) is 91.9 Å². The third kappa shape index (κ3) is 33.3. The molecule has 0 aromatic heterocycles. The van der Waals surface area contributed by atoms with Crippen LogP contribution < -0.4 is 0 Å². The fourth-order valence-electron chi connectivity index (χ4n) is 3.82. The number of carbonyl (C=O) groups excluding carboxylic acids is 1. The molecule has 0 aliphatic heterocycles. The van der Waals surface area contributed by atoms with Crippen molar-refractivity contribution < 1.29 is 38.0 Å². The number of hydrogen-bond acceptors (Lipinski definition) is 8. The van der Waals surface area contributed by atoms with E-state index in [1.165, 1.54) is 70.6 Å². The van der Waals surface area contributed by atoms with Crippen LogP contribution in [0.25, 0.3) is 0 Å². The highest BCUT2D eigenvalue weighted by Crippen LogP contribution is 2.13. The van der Waals surface area contributed by atoms with E-state index < -0.39 is 0 Å². The molecule has 228 valence electrons. The second kappa shape index (κ2) is 34.3. The van der Waals surface area contributed by atoms with E-state index in [0.717, 1.165) is 12.8 Å². The summed E-state index contributed by atoms with van der Waals surface area (Å²) in [7, 11) is 0. The van der Waals surface area contributed by atoms with Crippen LogP contribution in [-0.2, 0) is 38.0 Å². The normalized spacial score (nSPS) is 11.3. The molecular formula is C30H60O8. The molecule has 0 atom stereocenters. The number of unbranched alkanes of at least 4 members (excludes halogenated alkanes) is 12. The van der Waals surface area contributed by atoms with Gasteiger partial charge in [0.05, 0.1) is 72.7 Å². The second-order valence-corrected chi connectivity index (χ2v) is 9.47. The highest BCUT2D eigenvalue weighted by molar-refractivity contribution is 5.69. The van der Waals surface area contributed by atoms with Crippen LogP contribution in [0.5, 0.6) is 0 Å². The van der Waals surface area contributed by atoms with Crippen molar-refractivity contribution in [2.75, 3.05) is 85.9 Å². The van der Waals surface area contributed by atoms with Crippen LogP contribution in [0.15, 0.2) is 0 Å². The Labute approximate surface area is 233 Å². The first kappa shape index (κ1) is 37.2. The maximum Gasteiger partial charge on any atom is 0.305 e. The molecule has 0 heterocycles. The van der Waals surface area contributed by atoms with E-state index in [9.17, 15) is 4.79 Å². The lowest BCUT2D eigenvalue weighted by atomic mass is 10.0. The van der Waals surface area contributed by atoms with Crippen molar-refractivity contribution in [3.8, 4) is 0 Å². The zero-order valence-corrected chi connectivity index (χ0v) is 24.9. The maximum absolute atomic E-state index is 11.8. The first-order valence-corrected chi connectivity index (χ1v) is 15.4. The summed E-state index contributed by atoms with van der Waals surface area (Å²) in [6, 6.07) is 0. The predicted octanol–water partition coefficient (Wildman–Crippen LogP) is 6.13. The third-order valence-corrected chi connectivity index (χ3v) is 6.04. The minimum absolute atomic E-state index is 0.122. The van der Waals surface area contributed by atoms with E-state index in [0.29, 0.717) is 92.3 Å². The van der Waals surface area contributed by atoms with E-state index in [2.05, 4.69) is 6.92 Å². The quantitative estimate of drug-likeness (QED) is 0.0716. The fraction of sp³-hybridized carbons (Fsp3) is 0.967. The molecule has 0 saturated heterocycles. The summed E-state index contributed by atoms with van der Waals surface area (Å²) in [5.74, 6) is -0.122. The van der Waals surface area contributed by atoms with Gasteiger partial charge in [0, 0.05) is 13.0 Å². The molecule has 0 aromatic carbocycles. The lowest BCUT2D eigenvalue weighted by molar-refractivity contribution is -0.145. The number of ether oxygens (including phenoxy) is 7. The molecular weight excluding hydrogens is 488 g/mol. The number of hydrogen-bond donors (Lipinski definition) is 0. The van der Waals surface area contributed by atoms with Crippen molar-refractivity contribution in [1.82, 2.24) is 0 Å². The topological polar surface area (TPSA) is 81.7 Å². The van der Waals surface area contributed by atoms with E-state index in [1.54, 1.807) is 0 Å². The molecule has 0 rings (SSSR count).